The first-order valence-corrected chi connectivity index (χ1v) is 8.38. The first-order chi connectivity index (χ1) is 10.8. The zero-order valence-electron chi connectivity index (χ0n) is 13.1. The molecule has 2 rings (SSSR count). The molecule has 0 aliphatic carbocycles. The molecule has 0 radical (unpaired) electrons. The third-order valence-corrected chi connectivity index (χ3v) is 4.04. The summed E-state index contributed by atoms with van der Waals surface area (Å²) in [6, 6.07) is 10.4. The maximum absolute atomic E-state index is 4.26. The molecule has 0 fully saturated rings. The van der Waals surface area contributed by atoms with Crippen molar-refractivity contribution in [1.82, 2.24) is 20.4 Å². The van der Waals surface area contributed by atoms with Gasteiger partial charge >= 0.3 is 0 Å². The van der Waals surface area contributed by atoms with Gasteiger partial charge in [0.05, 0.1) is 12.7 Å². The van der Waals surface area contributed by atoms with Crippen molar-refractivity contribution in [2.45, 2.75) is 18.4 Å². The summed E-state index contributed by atoms with van der Waals surface area (Å²) in [5, 5.41) is 10.9. The van der Waals surface area contributed by atoms with Crippen LogP contribution in [0.25, 0.3) is 0 Å². The lowest BCUT2D eigenvalue weighted by atomic mass is 10.4. The van der Waals surface area contributed by atoms with Crippen LogP contribution in [0.2, 0.25) is 0 Å². The maximum atomic E-state index is 4.26. The molecule has 118 valence electrons. The van der Waals surface area contributed by atoms with E-state index in [0.717, 1.165) is 31.3 Å². The summed E-state index contributed by atoms with van der Waals surface area (Å²) >= 11 is 1.84. The number of guanidine groups is 1. The van der Waals surface area contributed by atoms with Crippen LogP contribution in [0.5, 0.6) is 0 Å². The quantitative estimate of drug-likeness (QED) is 0.356. The Labute approximate surface area is 136 Å². The van der Waals surface area contributed by atoms with Gasteiger partial charge in [-0.1, -0.05) is 18.2 Å². The van der Waals surface area contributed by atoms with Crippen LogP contribution in [-0.2, 0) is 6.54 Å². The lowest BCUT2D eigenvalue weighted by Gasteiger charge is -2.11. The van der Waals surface area contributed by atoms with Crippen molar-refractivity contribution < 1.29 is 0 Å². The van der Waals surface area contributed by atoms with Crippen LogP contribution in [0.4, 0.5) is 0 Å². The van der Waals surface area contributed by atoms with E-state index >= 15 is 0 Å². The van der Waals surface area contributed by atoms with Crippen molar-refractivity contribution in [3.63, 3.8) is 0 Å². The molecule has 0 aliphatic heterocycles. The van der Waals surface area contributed by atoms with Gasteiger partial charge in [0.2, 0.25) is 0 Å². The molecular formula is C16H23N5S. The van der Waals surface area contributed by atoms with E-state index in [1.807, 2.05) is 41.8 Å². The molecule has 0 aliphatic rings. The first-order valence-electron chi connectivity index (χ1n) is 7.39. The van der Waals surface area contributed by atoms with E-state index in [2.05, 4.69) is 45.0 Å². The second kappa shape index (κ2) is 9.15. The average molecular weight is 317 g/mol. The van der Waals surface area contributed by atoms with E-state index in [4.69, 9.17) is 0 Å². The number of hydrogen-bond donors (Lipinski definition) is 2. The van der Waals surface area contributed by atoms with E-state index < -0.39 is 0 Å². The Hall–Kier alpha value is -1.95. The number of nitrogens with one attached hydrogen (secondary N) is 2. The summed E-state index contributed by atoms with van der Waals surface area (Å²) in [6.07, 6.45) is 3.91. The van der Waals surface area contributed by atoms with Crippen LogP contribution < -0.4 is 10.6 Å². The third kappa shape index (κ3) is 5.81. The lowest BCUT2D eigenvalue weighted by molar-refractivity contribution is 0.598. The van der Waals surface area contributed by atoms with Gasteiger partial charge in [0.1, 0.15) is 0 Å². The molecule has 0 atom stereocenters. The van der Waals surface area contributed by atoms with E-state index in [9.17, 15) is 0 Å². The Balaban J connectivity index is 1.61. The van der Waals surface area contributed by atoms with Crippen molar-refractivity contribution in [2.75, 3.05) is 25.9 Å². The minimum atomic E-state index is 0.798. The summed E-state index contributed by atoms with van der Waals surface area (Å²) in [5.41, 5.74) is 1.18. The summed E-state index contributed by atoms with van der Waals surface area (Å²) in [7, 11) is 1.79. The van der Waals surface area contributed by atoms with Gasteiger partial charge in [-0.15, -0.1) is 11.8 Å². The highest BCUT2D eigenvalue weighted by molar-refractivity contribution is 7.99. The molecule has 2 N–H and O–H groups in total. The van der Waals surface area contributed by atoms with Crippen molar-refractivity contribution in [1.29, 1.82) is 0 Å². The zero-order chi connectivity index (χ0) is 15.6. The van der Waals surface area contributed by atoms with E-state index in [-0.39, 0.29) is 0 Å². The Bertz CT molecular complexity index is 579. The number of rotatable bonds is 7. The molecule has 0 saturated carbocycles. The Morgan fingerprint density at radius 2 is 2.00 bits per heavy atom. The third-order valence-electron chi connectivity index (χ3n) is 3.03. The molecule has 0 bridgehead atoms. The monoisotopic (exact) mass is 317 g/mol. The Morgan fingerprint density at radius 1 is 1.23 bits per heavy atom. The highest BCUT2D eigenvalue weighted by atomic mass is 32.2. The Morgan fingerprint density at radius 3 is 2.68 bits per heavy atom. The molecule has 1 aromatic carbocycles. The predicted octanol–water partition coefficient (Wildman–Crippen LogP) is 2.15. The Kier molecular flexibility index (Phi) is 6.83. The van der Waals surface area contributed by atoms with Gasteiger partial charge in [-0.2, -0.15) is 5.10 Å². The van der Waals surface area contributed by atoms with E-state index in [0.29, 0.717) is 0 Å². The molecule has 1 aromatic heterocycles. The SMILES string of the molecule is CN=C(NCCSc1ccccc1)NCCn1cc(C)cn1. The zero-order valence-corrected chi connectivity index (χ0v) is 13.9. The van der Waals surface area contributed by atoms with E-state index in [1.54, 1.807) is 7.05 Å². The van der Waals surface area contributed by atoms with Gasteiger partial charge < -0.3 is 10.6 Å². The number of hydrogen-bond acceptors (Lipinski definition) is 3. The molecule has 0 unspecified atom stereocenters. The molecule has 0 spiro atoms. The fourth-order valence-electron chi connectivity index (χ4n) is 1.95. The standard InChI is InChI=1S/C16H23N5S/c1-14-12-20-21(13-14)10-8-18-16(17-2)19-9-11-22-15-6-4-3-5-7-15/h3-7,12-13H,8-11H2,1-2H3,(H2,17,18,19). The van der Waals surface area contributed by atoms with Crippen LogP contribution in [-0.4, -0.2) is 41.6 Å². The second-order valence-corrected chi connectivity index (χ2v) is 6.04. The molecule has 0 amide bonds. The van der Waals surface area contributed by atoms with Crippen molar-refractivity contribution in [2.24, 2.45) is 4.99 Å². The highest BCUT2D eigenvalue weighted by Gasteiger charge is 1.99. The van der Waals surface area contributed by atoms with Gasteiger partial charge in [-0.25, -0.2) is 0 Å². The topological polar surface area (TPSA) is 54.2 Å². The van der Waals surface area contributed by atoms with Crippen LogP contribution in [0, 0.1) is 6.92 Å². The highest BCUT2D eigenvalue weighted by Crippen LogP contribution is 2.15. The van der Waals surface area contributed by atoms with Crippen LogP contribution in [0.3, 0.4) is 0 Å². The average Bonchev–Trinajstić information content (AvgIpc) is 2.96. The van der Waals surface area contributed by atoms with Crippen molar-refractivity contribution in [3.05, 3.63) is 48.3 Å². The number of nitrogens with zero attached hydrogens (tertiary/aromatic N) is 3. The smallest absolute Gasteiger partial charge is 0.191 e. The summed E-state index contributed by atoms with van der Waals surface area (Å²) in [4.78, 5) is 5.52. The lowest BCUT2D eigenvalue weighted by Crippen LogP contribution is -2.39. The van der Waals surface area contributed by atoms with Crippen molar-refractivity contribution in [3.8, 4) is 0 Å². The van der Waals surface area contributed by atoms with Gasteiger partial charge in [0, 0.05) is 37.0 Å². The number of benzene rings is 1. The normalized spacial score (nSPS) is 11.5. The second-order valence-electron chi connectivity index (χ2n) is 4.87. The summed E-state index contributed by atoms with van der Waals surface area (Å²) < 4.78 is 1.93. The minimum Gasteiger partial charge on any atom is -0.356 e. The predicted molar refractivity (Wildman–Crippen MR) is 93.5 cm³/mol. The van der Waals surface area contributed by atoms with Crippen LogP contribution in [0.15, 0.2) is 52.6 Å². The summed E-state index contributed by atoms with van der Waals surface area (Å²) in [6.45, 7) is 4.54. The van der Waals surface area contributed by atoms with Gasteiger partial charge in [-0.05, 0) is 24.6 Å². The van der Waals surface area contributed by atoms with Gasteiger partial charge in [0.25, 0.3) is 0 Å². The minimum absolute atomic E-state index is 0.798. The number of thioether (sulfide) groups is 1. The number of aryl methyl sites for hydroxylation is 1. The molecule has 6 heteroatoms. The maximum Gasteiger partial charge on any atom is 0.191 e. The molecule has 0 saturated heterocycles. The molecule has 1 heterocycles. The molecule has 5 nitrogen and oxygen atoms in total. The van der Waals surface area contributed by atoms with Gasteiger partial charge in [-0.3, -0.25) is 9.67 Å². The fourth-order valence-corrected chi connectivity index (χ4v) is 2.74. The fraction of sp³-hybridized carbons (Fsp3) is 0.375. The molecule has 22 heavy (non-hydrogen) atoms. The number of aromatic nitrogens is 2. The van der Waals surface area contributed by atoms with Crippen LogP contribution in [0.1, 0.15) is 5.56 Å². The van der Waals surface area contributed by atoms with Crippen LogP contribution >= 0.6 is 11.8 Å². The molecular weight excluding hydrogens is 294 g/mol. The van der Waals surface area contributed by atoms with E-state index in [1.165, 1.54) is 10.5 Å². The van der Waals surface area contributed by atoms with Gasteiger partial charge in [0.15, 0.2) is 5.96 Å². The number of aliphatic imine (C=N–C) groups is 1. The summed E-state index contributed by atoms with van der Waals surface area (Å²) in [5.74, 6) is 1.83. The van der Waals surface area contributed by atoms with Crippen molar-refractivity contribution >= 4 is 17.7 Å². The largest absolute Gasteiger partial charge is 0.356 e. The molecule has 2 aromatic rings. The first kappa shape index (κ1) is 16.4.